The molecular formula is C4H3NS2. The Morgan fingerprint density at radius 1 is 1.57 bits per heavy atom. The average Bonchev–Trinajstić information content (AvgIpc) is 1.69. The van der Waals surface area contributed by atoms with Crippen molar-refractivity contribution in [3.05, 3.63) is 0 Å². The van der Waals surface area contributed by atoms with Crippen LogP contribution in [0.25, 0.3) is 0 Å². The number of thioether (sulfide) groups is 2. The van der Waals surface area contributed by atoms with Crippen LogP contribution in [-0.2, 0) is 0 Å². The first-order valence-electron chi connectivity index (χ1n) is 1.50. The number of hydrogen-bond acceptors (Lipinski definition) is 3. The molecule has 0 radical (unpaired) electrons. The molecule has 0 aromatic heterocycles. The topological polar surface area (TPSA) is 23.8 Å². The zero-order valence-corrected chi connectivity index (χ0v) is 5.18. The third-order valence-electron chi connectivity index (χ3n) is 0.266. The summed E-state index contributed by atoms with van der Waals surface area (Å²) >= 11 is 2.46. The van der Waals surface area contributed by atoms with Crippen molar-refractivity contribution in [3.8, 4) is 17.1 Å². The minimum absolute atomic E-state index is 0.674. The van der Waals surface area contributed by atoms with Crippen molar-refractivity contribution in [1.29, 1.82) is 5.26 Å². The number of hydrogen-bond donors (Lipinski definition) is 0. The van der Waals surface area contributed by atoms with Gasteiger partial charge in [-0.25, -0.2) is 0 Å². The molecule has 0 aliphatic rings. The maximum Gasteiger partial charge on any atom is 0.134 e. The zero-order chi connectivity index (χ0) is 5.54. The van der Waals surface area contributed by atoms with E-state index < -0.39 is 0 Å². The number of nitriles is 1. The van der Waals surface area contributed by atoms with Gasteiger partial charge in [0.15, 0.2) is 0 Å². The molecule has 0 N–H and O–H groups in total. The normalized spacial score (nSPS) is 6.57. The van der Waals surface area contributed by atoms with Crippen molar-refractivity contribution in [1.82, 2.24) is 0 Å². The van der Waals surface area contributed by atoms with E-state index in [-0.39, 0.29) is 0 Å². The summed E-state index contributed by atoms with van der Waals surface area (Å²) in [6.07, 6.45) is 4.86. The van der Waals surface area contributed by atoms with Gasteiger partial charge in [-0.1, -0.05) is 11.8 Å². The van der Waals surface area contributed by atoms with Crippen LogP contribution in [-0.4, -0.2) is 5.08 Å². The van der Waals surface area contributed by atoms with Crippen LogP contribution in [0.2, 0.25) is 0 Å². The molecule has 0 fully saturated rings. The standard InChI is InChI=1S/C4H3NS2/c1-2-6-4-7-3-5/h1H,4H2. The second-order valence-corrected chi connectivity index (χ2v) is 2.55. The van der Waals surface area contributed by atoms with Gasteiger partial charge in [-0.3, -0.25) is 0 Å². The molecule has 0 saturated heterocycles. The SMILES string of the molecule is C#CSCSC#N. The van der Waals surface area contributed by atoms with E-state index >= 15 is 0 Å². The first-order chi connectivity index (χ1) is 3.41. The monoisotopic (exact) mass is 129 g/mol. The van der Waals surface area contributed by atoms with Gasteiger partial charge in [-0.15, -0.1) is 6.42 Å². The van der Waals surface area contributed by atoms with Gasteiger partial charge in [0.1, 0.15) is 5.40 Å². The number of nitrogens with zero attached hydrogens (tertiary/aromatic N) is 1. The Hall–Kier alpha value is -0.250. The van der Waals surface area contributed by atoms with Crippen LogP contribution in [0.5, 0.6) is 0 Å². The van der Waals surface area contributed by atoms with Crippen LogP contribution in [0.15, 0.2) is 0 Å². The predicted octanol–water partition coefficient (Wildman–Crippen LogP) is 1.48. The highest BCUT2D eigenvalue weighted by Crippen LogP contribution is 2.06. The largest absolute Gasteiger partial charge is 0.185 e. The van der Waals surface area contributed by atoms with E-state index in [0.29, 0.717) is 5.08 Å². The highest BCUT2D eigenvalue weighted by molar-refractivity contribution is 8.20. The molecule has 0 heterocycles. The predicted molar refractivity (Wildman–Crippen MR) is 34.5 cm³/mol. The van der Waals surface area contributed by atoms with Crippen molar-refractivity contribution >= 4 is 23.5 Å². The summed E-state index contributed by atoms with van der Waals surface area (Å²) in [4.78, 5) is 0. The fourth-order valence-corrected chi connectivity index (χ4v) is 0.809. The summed E-state index contributed by atoms with van der Waals surface area (Å²) in [5.74, 6) is 0. The summed E-state index contributed by atoms with van der Waals surface area (Å²) in [5, 5.41) is 12.8. The molecule has 0 aromatic rings. The van der Waals surface area contributed by atoms with E-state index in [1.165, 1.54) is 11.8 Å². The second kappa shape index (κ2) is 5.75. The lowest BCUT2D eigenvalue weighted by Crippen LogP contribution is -1.56. The molecule has 0 amide bonds. The minimum atomic E-state index is 0.674. The Bertz CT molecular complexity index is 93.8. The molecule has 0 saturated carbocycles. The summed E-state index contributed by atoms with van der Waals surface area (Å²) < 4.78 is 0. The Balaban J connectivity index is 2.77. The van der Waals surface area contributed by atoms with Gasteiger partial charge in [0.25, 0.3) is 0 Å². The lowest BCUT2D eigenvalue weighted by atomic mass is 11.4. The number of thiocyanates is 1. The molecule has 36 valence electrons. The smallest absolute Gasteiger partial charge is 0.134 e. The van der Waals surface area contributed by atoms with Gasteiger partial charge in [-0.2, -0.15) is 5.26 Å². The van der Waals surface area contributed by atoms with E-state index in [0.717, 1.165) is 11.8 Å². The Morgan fingerprint density at radius 2 is 2.29 bits per heavy atom. The fourth-order valence-electron chi connectivity index (χ4n) is 0.0898. The van der Waals surface area contributed by atoms with Crippen LogP contribution < -0.4 is 0 Å². The Morgan fingerprint density at radius 3 is 2.71 bits per heavy atom. The molecule has 3 heteroatoms. The van der Waals surface area contributed by atoms with Crippen LogP contribution >= 0.6 is 23.5 Å². The molecule has 0 atom stereocenters. The zero-order valence-electron chi connectivity index (χ0n) is 3.55. The summed E-state index contributed by atoms with van der Waals surface area (Å²) in [6, 6.07) is 0. The molecule has 0 bridgehead atoms. The van der Waals surface area contributed by atoms with E-state index in [1.807, 2.05) is 5.40 Å². The van der Waals surface area contributed by atoms with Gasteiger partial charge >= 0.3 is 0 Å². The van der Waals surface area contributed by atoms with Crippen molar-refractivity contribution in [3.63, 3.8) is 0 Å². The van der Waals surface area contributed by atoms with E-state index in [9.17, 15) is 0 Å². The van der Waals surface area contributed by atoms with Crippen LogP contribution in [0.3, 0.4) is 0 Å². The number of rotatable bonds is 2. The molecule has 0 rings (SSSR count). The quantitative estimate of drug-likeness (QED) is 0.244. The first-order valence-corrected chi connectivity index (χ1v) is 3.47. The van der Waals surface area contributed by atoms with Gasteiger partial charge in [0.05, 0.1) is 5.08 Å². The summed E-state index contributed by atoms with van der Waals surface area (Å²) in [6.45, 7) is 0. The Kier molecular flexibility index (Phi) is 5.54. The van der Waals surface area contributed by atoms with E-state index in [1.54, 1.807) is 0 Å². The van der Waals surface area contributed by atoms with Crippen molar-refractivity contribution in [2.24, 2.45) is 0 Å². The maximum absolute atomic E-state index is 7.92. The van der Waals surface area contributed by atoms with E-state index in [2.05, 4.69) is 5.25 Å². The lowest BCUT2D eigenvalue weighted by Gasteiger charge is -1.77. The number of terminal acetylenes is 1. The van der Waals surface area contributed by atoms with Crippen molar-refractivity contribution < 1.29 is 0 Å². The first kappa shape index (κ1) is 6.75. The lowest BCUT2D eigenvalue weighted by molar-refractivity contribution is 1.57. The highest BCUT2D eigenvalue weighted by atomic mass is 32.2. The molecule has 0 spiro atoms. The van der Waals surface area contributed by atoms with Gasteiger partial charge < -0.3 is 0 Å². The van der Waals surface area contributed by atoms with Crippen molar-refractivity contribution in [2.75, 3.05) is 5.08 Å². The highest BCUT2D eigenvalue weighted by Gasteiger charge is 1.77. The van der Waals surface area contributed by atoms with Gasteiger partial charge in [-0.05, 0) is 17.0 Å². The molecule has 0 unspecified atom stereocenters. The second-order valence-electron chi connectivity index (χ2n) is 0.616. The molecule has 0 aliphatic heterocycles. The van der Waals surface area contributed by atoms with E-state index in [4.69, 9.17) is 11.7 Å². The Labute approximate surface area is 51.5 Å². The molecule has 7 heavy (non-hydrogen) atoms. The maximum atomic E-state index is 7.92. The van der Waals surface area contributed by atoms with Gasteiger partial charge in [0.2, 0.25) is 0 Å². The molecule has 1 nitrogen and oxygen atoms in total. The average molecular weight is 129 g/mol. The van der Waals surface area contributed by atoms with Gasteiger partial charge in [0, 0.05) is 0 Å². The summed E-state index contributed by atoms with van der Waals surface area (Å²) in [7, 11) is 0. The van der Waals surface area contributed by atoms with Crippen LogP contribution in [0, 0.1) is 22.3 Å². The fraction of sp³-hybridized carbons (Fsp3) is 0.250. The van der Waals surface area contributed by atoms with Crippen LogP contribution in [0.1, 0.15) is 0 Å². The summed E-state index contributed by atoms with van der Waals surface area (Å²) in [5.41, 5.74) is 0. The third-order valence-corrected chi connectivity index (χ3v) is 1.50. The third kappa shape index (κ3) is 5.75. The van der Waals surface area contributed by atoms with Crippen LogP contribution in [0.4, 0.5) is 0 Å². The molecular weight excluding hydrogens is 126 g/mol. The van der Waals surface area contributed by atoms with Crippen molar-refractivity contribution in [2.45, 2.75) is 0 Å². The molecule has 0 aliphatic carbocycles. The molecule has 0 aromatic carbocycles. The minimum Gasteiger partial charge on any atom is -0.185 e.